The molecule has 0 heterocycles. The van der Waals surface area contributed by atoms with Crippen molar-refractivity contribution in [3.05, 3.63) is 46.9 Å². The second-order valence-corrected chi connectivity index (χ2v) is 6.15. The lowest BCUT2D eigenvalue weighted by molar-refractivity contribution is -0.113. The molecule has 2 aromatic carbocycles. The number of para-hydroxylation sites is 2. The summed E-state index contributed by atoms with van der Waals surface area (Å²) in [5.74, 6) is 0.815. The van der Waals surface area contributed by atoms with Gasteiger partial charge < -0.3 is 15.8 Å². The molecule has 0 radical (unpaired) electrons. The highest BCUT2D eigenvalue weighted by atomic mass is 79.9. The molecule has 0 aromatic heterocycles. The molecule has 3 N–H and O–H groups in total. The molecule has 6 heteroatoms. The molecule has 110 valence electrons. The van der Waals surface area contributed by atoms with Crippen molar-refractivity contribution in [2.24, 2.45) is 0 Å². The summed E-state index contributed by atoms with van der Waals surface area (Å²) >= 11 is 4.75. The van der Waals surface area contributed by atoms with E-state index in [4.69, 9.17) is 10.5 Å². The molecule has 0 spiro atoms. The fourth-order valence-corrected chi connectivity index (χ4v) is 2.86. The molecule has 0 aliphatic heterocycles. The summed E-state index contributed by atoms with van der Waals surface area (Å²) in [5, 5.41) is 2.83. The summed E-state index contributed by atoms with van der Waals surface area (Å²) in [6, 6.07) is 12.9. The Kier molecular flexibility index (Phi) is 5.52. The lowest BCUT2D eigenvalue weighted by Gasteiger charge is -2.10. The molecule has 0 saturated carbocycles. The summed E-state index contributed by atoms with van der Waals surface area (Å²) in [6.45, 7) is 0. The van der Waals surface area contributed by atoms with Crippen molar-refractivity contribution >= 4 is 45.0 Å². The quantitative estimate of drug-likeness (QED) is 0.624. The first kappa shape index (κ1) is 15.7. The molecule has 1 amide bonds. The molecular formula is C15H15BrN2O2S. The van der Waals surface area contributed by atoms with Crippen LogP contribution in [0.1, 0.15) is 0 Å². The van der Waals surface area contributed by atoms with Crippen molar-refractivity contribution in [2.45, 2.75) is 4.90 Å². The highest BCUT2D eigenvalue weighted by molar-refractivity contribution is 9.10. The summed E-state index contributed by atoms with van der Waals surface area (Å²) in [7, 11) is 1.57. The zero-order valence-electron chi connectivity index (χ0n) is 11.4. The number of carbonyl (C=O) groups is 1. The van der Waals surface area contributed by atoms with Crippen LogP contribution in [-0.2, 0) is 4.79 Å². The van der Waals surface area contributed by atoms with E-state index in [0.717, 1.165) is 9.37 Å². The average molecular weight is 367 g/mol. The van der Waals surface area contributed by atoms with Crippen molar-refractivity contribution in [3.63, 3.8) is 0 Å². The largest absolute Gasteiger partial charge is 0.495 e. The van der Waals surface area contributed by atoms with E-state index in [2.05, 4.69) is 21.2 Å². The molecule has 0 aliphatic rings. The average Bonchev–Trinajstić information content (AvgIpc) is 2.47. The maximum Gasteiger partial charge on any atom is 0.234 e. The maximum absolute atomic E-state index is 12.0. The molecule has 0 aliphatic carbocycles. The van der Waals surface area contributed by atoms with E-state index >= 15 is 0 Å². The first-order chi connectivity index (χ1) is 10.1. The zero-order valence-corrected chi connectivity index (χ0v) is 13.8. The topological polar surface area (TPSA) is 64.3 Å². The number of rotatable bonds is 5. The Hall–Kier alpha value is -1.66. The number of carbonyl (C=O) groups excluding carboxylic acids is 1. The van der Waals surface area contributed by atoms with Gasteiger partial charge in [-0.1, -0.05) is 28.1 Å². The molecule has 2 aromatic rings. The highest BCUT2D eigenvalue weighted by Crippen LogP contribution is 2.28. The van der Waals surface area contributed by atoms with Crippen LogP contribution in [0.3, 0.4) is 0 Å². The molecule has 0 unspecified atom stereocenters. The Balaban J connectivity index is 1.96. The molecule has 0 fully saturated rings. The summed E-state index contributed by atoms with van der Waals surface area (Å²) < 4.78 is 6.11. The lowest BCUT2D eigenvalue weighted by Crippen LogP contribution is -2.14. The van der Waals surface area contributed by atoms with Crippen molar-refractivity contribution in [1.29, 1.82) is 0 Å². The number of hydrogen-bond acceptors (Lipinski definition) is 4. The Bertz CT molecular complexity index is 649. The fraction of sp³-hybridized carbons (Fsp3) is 0.133. The number of halogens is 1. The Labute approximate surface area is 136 Å². The third-order valence-corrected chi connectivity index (χ3v) is 4.29. The number of hydrogen-bond donors (Lipinski definition) is 2. The molecule has 4 nitrogen and oxygen atoms in total. The molecule has 2 rings (SSSR count). The number of methoxy groups -OCH3 is 1. The number of nitrogen functional groups attached to an aromatic ring is 1. The molecule has 21 heavy (non-hydrogen) atoms. The van der Waals surface area contributed by atoms with Gasteiger partial charge in [-0.15, -0.1) is 11.8 Å². The molecule has 0 atom stereocenters. The van der Waals surface area contributed by atoms with Crippen LogP contribution < -0.4 is 15.8 Å². The Morgan fingerprint density at radius 1 is 1.33 bits per heavy atom. The first-order valence-corrected chi connectivity index (χ1v) is 7.98. The van der Waals surface area contributed by atoms with Gasteiger partial charge in [0, 0.05) is 15.1 Å². The third kappa shape index (κ3) is 4.41. The van der Waals surface area contributed by atoms with E-state index in [1.54, 1.807) is 19.2 Å². The monoisotopic (exact) mass is 366 g/mol. The van der Waals surface area contributed by atoms with Crippen molar-refractivity contribution in [1.82, 2.24) is 0 Å². The lowest BCUT2D eigenvalue weighted by atomic mass is 10.3. The van der Waals surface area contributed by atoms with Gasteiger partial charge >= 0.3 is 0 Å². The second-order valence-electron chi connectivity index (χ2n) is 4.22. The summed E-state index contributed by atoms with van der Waals surface area (Å²) in [5.41, 5.74) is 7.22. The second kappa shape index (κ2) is 7.38. The smallest absolute Gasteiger partial charge is 0.234 e. The maximum atomic E-state index is 12.0. The van der Waals surface area contributed by atoms with Crippen molar-refractivity contribution in [2.75, 3.05) is 23.9 Å². The van der Waals surface area contributed by atoms with Gasteiger partial charge in [0.1, 0.15) is 5.75 Å². The number of nitrogens with one attached hydrogen (secondary N) is 1. The standard InChI is InChI=1S/C15H15BrN2O2S/c1-20-13-5-3-2-4-12(13)18-15(19)9-21-14-7-6-10(16)8-11(14)17/h2-8H,9,17H2,1H3,(H,18,19). The van der Waals surface area contributed by atoms with Crippen molar-refractivity contribution in [3.8, 4) is 5.75 Å². The van der Waals surface area contributed by atoms with Gasteiger partial charge in [-0.25, -0.2) is 0 Å². The van der Waals surface area contributed by atoms with Crippen LogP contribution in [0, 0.1) is 0 Å². The number of nitrogens with two attached hydrogens (primary N) is 1. The third-order valence-electron chi connectivity index (χ3n) is 2.71. The van der Waals surface area contributed by atoms with Crippen LogP contribution in [0.25, 0.3) is 0 Å². The van der Waals surface area contributed by atoms with Crippen LogP contribution in [0.2, 0.25) is 0 Å². The first-order valence-electron chi connectivity index (χ1n) is 6.21. The van der Waals surface area contributed by atoms with Crippen LogP contribution in [0.4, 0.5) is 11.4 Å². The number of anilines is 2. The predicted octanol–water partition coefficient (Wildman–Crippen LogP) is 3.77. The summed E-state index contributed by atoms with van der Waals surface area (Å²) in [6.07, 6.45) is 0. The normalized spacial score (nSPS) is 10.2. The van der Waals surface area contributed by atoms with Crippen LogP contribution in [0.5, 0.6) is 5.75 Å². The number of thioether (sulfide) groups is 1. The number of benzene rings is 2. The fourth-order valence-electron chi connectivity index (χ4n) is 1.73. The SMILES string of the molecule is COc1ccccc1NC(=O)CSc1ccc(Br)cc1N. The molecular weight excluding hydrogens is 352 g/mol. The minimum absolute atomic E-state index is 0.105. The minimum Gasteiger partial charge on any atom is -0.495 e. The van der Waals surface area contributed by atoms with Crippen LogP contribution in [0.15, 0.2) is 51.8 Å². The van der Waals surface area contributed by atoms with E-state index in [9.17, 15) is 4.79 Å². The Morgan fingerprint density at radius 2 is 2.10 bits per heavy atom. The molecule has 0 saturated heterocycles. The van der Waals surface area contributed by atoms with Gasteiger partial charge in [-0.3, -0.25) is 4.79 Å². The van der Waals surface area contributed by atoms with E-state index < -0.39 is 0 Å². The van der Waals surface area contributed by atoms with Crippen molar-refractivity contribution < 1.29 is 9.53 Å². The van der Waals surface area contributed by atoms with Gasteiger partial charge in [0.05, 0.1) is 18.6 Å². The van der Waals surface area contributed by atoms with Gasteiger partial charge in [0.25, 0.3) is 0 Å². The van der Waals surface area contributed by atoms with Gasteiger partial charge in [-0.05, 0) is 30.3 Å². The van der Waals surface area contributed by atoms with Gasteiger partial charge in [0.15, 0.2) is 0 Å². The van der Waals surface area contributed by atoms with E-state index in [0.29, 0.717) is 17.1 Å². The minimum atomic E-state index is -0.105. The van der Waals surface area contributed by atoms with Crippen LogP contribution in [-0.4, -0.2) is 18.8 Å². The van der Waals surface area contributed by atoms with Crippen LogP contribution >= 0.6 is 27.7 Å². The molecule has 0 bridgehead atoms. The highest BCUT2D eigenvalue weighted by Gasteiger charge is 2.08. The zero-order chi connectivity index (χ0) is 15.2. The van der Waals surface area contributed by atoms with E-state index in [1.165, 1.54) is 11.8 Å². The van der Waals surface area contributed by atoms with E-state index in [1.807, 2.05) is 30.3 Å². The van der Waals surface area contributed by atoms with E-state index in [-0.39, 0.29) is 11.7 Å². The predicted molar refractivity (Wildman–Crippen MR) is 90.9 cm³/mol. The van der Waals surface area contributed by atoms with Gasteiger partial charge in [-0.2, -0.15) is 0 Å². The Morgan fingerprint density at radius 3 is 2.81 bits per heavy atom. The number of ether oxygens (including phenoxy) is 1. The van der Waals surface area contributed by atoms with Gasteiger partial charge in [0.2, 0.25) is 5.91 Å². The number of amides is 1. The summed E-state index contributed by atoms with van der Waals surface area (Å²) in [4.78, 5) is 12.9.